The molecule has 0 spiro atoms. The van der Waals surface area contributed by atoms with Gasteiger partial charge in [0.2, 0.25) is 0 Å². The number of rotatable bonds is 7. The van der Waals surface area contributed by atoms with E-state index in [0.717, 1.165) is 4.90 Å². The maximum atomic E-state index is 13.5. The highest BCUT2D eigenvalue weighted by atomic mass is 32.2. The number of thioether (sulfide) groups is 1. The number of carbonyl (C=O) groups excluding carboxylic acids is 2. The number of imide groups is 1. The monoisotopic (exact) mass is 439 g/mol. The molecule has 2 amide bonds. The average Bonchev–Trinajstić information content (AvgIpc) is 3.38. The van der Waals surface area contributed by atoms with Crippen molar-refractivity contribution >= 4 is 34.8 Å². The van der Waals surface area contributed by atoms with Gasteiger partial charge in [-0.15, -0.1) is 11.8 Å². The number of furan rings is 1. The summed E-state index contributed by atoms with van der Waals surface area (Å²) < 4.78 is 29.3. The van der Waals surface area contributed by atoms with Crippen molar-refractivity contribution < 1.29 is 27.9 Å². The Labute approximate surface area is 182 Å². The number of hydrogen-bond acceptors (Lipinski definition) is 6. The predicted octanol–water partition coefficient (Wildman–Crippen LogP) is 4.65. The quantitative estimate of drug-likeness (QED) is 0.499. The number of amides is 2. The van der Waals surface area contributed by atoms with Gasteiger partial charge in [0.05, 0.1) is 42.4 Å². The van der Waals surface area contributed by atoms with Gasteiger partial charge in [-0.05, 0) is 42.0 Å². The number of hydrogen-bond donors (Lipinski definition) is 0. The van der Waals surface area contributed by atoms with Gasteiger partial charge in [-0.1, -0.05) is 12.1 Å². The molecule has 0 bridgehead atoms. The van der Waals surface area contributed by atoms with Gasteiger partial charge in [-0.25, -0.2) is 9.29 Å². The Morgan fingerprint density at radius 3 is 2.35 bits per heavy atom. The highest BCUT2D eigenvalue weighted by Gasteiger charge is 2.40. The highest BCUT2D eigenvalue weighted by Crippen LogP contribution is 2.41. The number of methoxy groups -OCH3 is 2. The summed E-state index contributed by atoms with van der Waals surface area (Å²) in [6, 6.07) is 13.8. The number of halogens is 1. The van der Waals surface area contributed by atoms with E-state index in [4.69, 9.17) is 13.9 Å². The Morgan fingerprint density at radius 2 is 1.71 bits per heavy atom. The third-order valence-electron chi connectivity index (χ3n) is 4.74. The lowest BCUT2D eigenvalue weighted by Crippen LogP contribution is -2.31. The highest BCUT2D eigenvalue weighted by molar-refractivity contribution is 8.03. The topological polar surface area (TPSA) is 69.0 Å². The van der Waals surface area contributed by atoms with E-state index in [9.17, 15) is 14.0 Å². The van der Waals surface area contributed by atoms with Crippen LogP contribution in [-0.2, 0) is 15.3 Å². The average molecular weight is 439 g/mol. The summed E-state index contributed by atoms with van der Waals surface area (Å²) in [4.78, 5) is 28.1. The lowest BCUT2D eigenvalue weighted by atomic mass is 10.1. The number of carbonyl (C=O) groups is 2. The first-order chi connectivity index (χ1) is 15.0. The van der Waals surface area contributed by atoms with Gasteiger partial charge in [0.15, 0.2) is 11.5 Å². The third kappa shape index (κ3) is 3.94. The smallest absolute Gasteiger partial charge is 0.272 e. The van der Waals surface area contributed by atoms with E-state index < -0.39 is 17.6 Å². The van der Waals surface area contributed by atoms with Crippen LogP contribution >= 0.6 is 11.8 Å². The molecule has 0 aliphatic carbocycles. The van der Waals surface area contributed by atoms with E-state index >= 15 is 0 Å². The second-order valence-corrected chi connectivity index (χ2v) is 7.55. The number of anilines is 1. The summed E-state index contributed by atoms with van der Waals surface area (Å²) in [6.45, 7) is 0. The summed E-state index contributed by atoms with van der Waals surface area (Å²) in [6.07, 6.45) is 1.54. The molecule has 0 atom stereocenters. The first-order valence-corrected chi connectivity index (χ1v) is 10.3. The third-order valence-corrected chi connectivity index (χ3v) is 5.83. The van der Waals surface area contributed by atoms with Gasteiger partial charge < -0.3 is 13.9 Å². The lowest BCUT2D eigenvalue weighted by molar-refractivity contribution is -0.119. The molecule has 31 heavy (non-hydrogen) atoms. The zero-order valence-corrected chi connectivity index (χ0v) is 17.6. The maximum Gasteiger partial charge on any atom is 0.272 e. The van der Waals surface area contributed by atoms with Gasteiger partial charge in [-0.2, -0.15) is 0 Å². The SMILES string of the molecule is COc1ccc(N2C(=O)C(SCc3ccco3)=C(c3ccc(F)cc3)C2=O)cc1OC. The molecule has 2 heterocycles. The van der Waals surface area contributed by atoms with Crippen molar-refractivity contribution in [3.05, 3.63) is 82.9 Å². The second-order valence-electron chi connectivity index (χ2n) is 6.56. The molecule has 0 saturated heterocycles. The predicted molar refractivity (Wildman–Crippen MR) is 115 cm³/mol. The lowest BCUT2D eigenvalue weighted by Gasteiger charge is -2.17. The largest absolute Gasteiger partial charge is 0.493 e. The molecule has 3 aromatic rings. The van der Waals surface area contributed by atoms with Crippen LogP contribution in [0.15, 0.2) is 70.2 Å². The van der Waals surface area contributed by atoms with Crippen LogP contribution in [0.3, 0.4) is 0 Å². The van der Waals surface area contributed by atoms with Crippen molar-refractivity contribution in [3.8, 4) is 11.5 Å². The van der Waals surface area contributed by atoms with E-state index in [-0.39, 0.29) is 10.5 Å². The number of benzene rings is 2. The number of nitrogens with zero attached hydrogens (tertiary/aromatic N) is 1. The normalized spacial score (nSPS) is 13.8. The Bertz CT molecular complexity index is 1160. The molecular formula is C23H18FNO5S. The van der Waals surface area contributed by atoms with E-state index in [1.165, 1.54) is 50.2 Å². The Balaban J connectivity index is 1.75. The molecule has 158 valence electrons. The molecule has 1 aliphatic heterocycles. The zero-order valence-electron chi connectivity index (χ0n) is 16.8. The van der Waals surface area contributed by atoms with Crippen molar-refractivity contribution in [1.82, 2.24) is 0 Å². The fourth-order valence-corrected chi connectivity index (χ4v) is 4.27. The van der Waals surface area contributed by atoms with Crippen molar-refractivity contribution in [2.45, 2.75) is 5.75 Å². The van der Waals surface area contributed by atoms with E-state index in [1.807, 2.05) is 0 Å². The molecule has 4 rings (SSSR count). The van der Waals surface area contributed by atoms with Gasteiger partial charge in [-0.3, -0.25) is 9.59 Å². The minimum Gasteiger partial charge on any atom is -0.493 e. The molecule has 0 N–H and O–H groups in total. The molecule has 6 nitrogen and oxygen atoms in total. The summed E-state index contributed by atoms with van der Waals surface area (Å²) in [7, 11) is 2.98. The fraction of sp³-hybridized carbons (Fsp3) is 0.130. The van der Waals surface area contributed by atoms with E-state index in [2.05, 4.69) is 0 Å². The van der Waals surface area contributed by atoms with Crippen LogP contribution in [0.4, 0.5) is 10.1 Å². The Hall–Kier alpha value is -3.52. The van der Waals surface area contributed by atoms with Gasteiger partial charge >= 0.3 is 0 Å². The molecule has 2 aromatic carbocycles. The van der Waals surface area contributed by atoms with Crippen LogP contribution < -0.4 is 14.4 Å². The minimum atomic E-state index is -0.495. The maximum absolute atomic E-state index is 13.5. The Morgan fingerprint density at radius 1 is 0.968 bits per heavy atom. The van der Waals surface area contributed by atoms with Crippen molar-refractivity contribution in [2.24, 2.45) is 0 Å². The summed E-state index contributed by atoms with van der Waals surface area (Å²) in [5.41, 5.74) is 1.03. The zero-order chi connectivity index (χ0) is 22.0. The summed E-state index contributed by atoms with van der Waals surface area (Å²) >= 11 is 1.20. The van der Waals surface area contributed by atoms with Crippen LogP contribution in [0, 0.1) is 5.82 Å². The van der Waals surface area contributed by atoms with Crippen LogP contribution in [0.5, 0.6) is 11.5 Å². The first kappa shape index (κ1) is 20.7. The van der Waals surface area contributed by atoms with Crippen LogP contribution in [-0.4, -0.2) is 26.0 Å². The first-order valence-electron chi connectivity index (χ1n) is 9.29. The van der Waals surface area contributed by atoms with E-state index in [0.29, 0.717) is 34.3 Å². The second kappa shape index (κ2) is 8.69. The van der Waals surface area contributed by atoms with Crippen LogP contribution in [0.25, 0.3) is 5.57 Å². The molecule has 0 fully saturated rings. The van der Waals surface area contributed by atoms with Crippen molar-refractivity contribution in [2.75, 3.05) is 19.1 Å². The molecule has 8 heteroatoms. The minimum absolute atomic E-state index is 0.219. The Kier molecular flexibility index (Phi) is 5.81. The van der Waals surface area contributed by atoms with Crippen molar-refractivity contribution in [3.63, 3.8) is 0 Å². The van der Waals surface area contributed by atoms with Crippen LogP contribution in [0.1, 0.15) is 11.3 Å². The molecular weight excluding hydrogens is 421 g/mol. The summed E-state index contributed by atoms with van der Waals surface area (Å²) in [5, 5.41) is 0. The fourth-order valence-electron chi connectivity index (χ4n) is 3.25. The van der Waals surface area contributed by atoms with Gasteiger partial charge in [0.25, 0.3) is 11.8 Å². The van der Waals surface area contributed by atoms with E-state index in [1.54, 1.807) is 36.6 Å². The molecule has 1 aliphatic rings. The molecule has 0 radical (unpaired) electrons. The number of ether oxygens (including phenoxy) is 2. The molecule has 0 saturated carbocycles. The summed E-state index contributed by atoms with van der Waals surface area (Å²) in [5.74, 6) is 0.513. The van der Waals surface area contributed by atoms with Gasteiger partial charge in [0, 0.05) is 6.07 Å². The molecule has 1 aromatic heterocycles. The van der Waals surface area contributed by atoms with Crippen LogP contribution in [0.2, 0.25) is 0 Å². The molecule has 0 unspecified atom stereocenters. The van der Waals surface area contributed by atoms with Crippen molar-refractivity contribution in [1.29, 1.82) is 0 Å². The van der Waals surface area contributed by atoms with Gasteiger partial charge in [0.1, 0.15) is 11.6 Å². The standard InChI is InChI=1S/C23H18FNO5S/c1-28-18-10-9-16(12-19(18)29-2)25-22(26)20(14-5-7-15(24)8-6-14)21(23(25)27)31-13-17-4-3-11-30-17/h3-12H,13H2,1-2H3.